The third-order valence-electron chi connectivity index (χ3n) is 2.35. The van der Waals surface area contributed by atoms with Crippen LogP contribution in [0.3, 0.4) is 0 Å². The second-order valence-corrected chi connectivity index (χ2v) is 3.78. The lowest BCUT2D eigenvalue weighted by Gasteiger charge is -2.24. The maximum Gasteiger partial charge on any atom is 0.240 e. The number of rotatable bonds is 4. The number of primary amides is 1. The number of hydrogen-bond donors (Lipinski definition) is 1. The Morgan fingerprint density at radius 1 is 1.76 bits per heavy atom. The van der Waals surface area contributed by atoms with Crippen molar-refractivity contribution in [1.29, 1.82) is 5.26 Å². The molecular weight excluding hydrogens is 242 g/mol. The number of carbonyl (C=O) groups is 1. The minimum absolute atomic E-state index is 0.0590. The van der Waals surface area contributed by atoms with E-state index < -0.39 is 11.9 Å². The number of carbonyl (C=O) groups excluding carboxylic acids is 1. The molecule has 1 aromatic rings. The van der Waals surface area contributed by atoms with Gasteiger partial charge in [-0.1, -0.05) is 18.5 Å². The molecule has 7 heteroatoms. The first kappa shape index (κ1) is 13.2. The lowest BCUT2D eigenvalue weighted by molar-refractivity contribution is -0.119. The highest BCUT2D eigenvalue weighted by atomic mass is 35.5. The van der Waals surface area contributed by atoms with E-state index in [4.69, 9.17) is 22.6 Å². The average molecular weight is 254 g/mol. The van der Waals surface area contributed by atoms with Crippen molar-refractivity contribution in [3.63, 3.8) is 0 Å². The first-order valence-corrected chi connectivity index (χ1v) is 5.33. The van der Waals surface area contributed by atoms with Crippen molar-refractivity contribution in [3.05, 3.63) is 16.9 Å². The summed E-state index contributed by atoms with van der Waals surface area (Å²) in [6.45, 7) is 1.83. The van der Waals surface area contributed by atoms with E-state index >= 15 is 0 Å². The van der Waals surface area contributed by atoms with Crippen LogP contribution in [0.25, 0.3) is 0 Å². The largest absolute Gasteiger partial charge is 0.368 e. The summed E-state index contributed by atoms with van der Waals surface area (Å²) in [5.41, 5.74) is 5.45. The van der Waals surface area contributed by atoms with Gasteiger partial charge in [0.1, 0.15) is 17.7 Å². The molecule has 1 rings (SSSR count). The number of amides is 1. The molecule has 0 aromatic carbocycles. The summed E-state index contributed by atoms with van der Waals surface area (Å²) in [5.74, 6) is -0.196. The Labute approximate surface area is 104 Å². The first-order valence-electron chi connectivity index (χ1n) is 4.96. The minimum Gasteiger partial charge on any atom is -0.368 e. The van der Waals surface area contributed by atoms with E-state index in [1.165, 1.54) is 11.1 Å². The van der Waals surface area contributed by atoms with Gasteiger partial charge in [-0.25, -0.2) is 4.98 Å². The smallest absolute Gasteiger partial charge is 0.240 e. The normalized spacial score (nSPS) is 11.6. The minimum atomic E-state index is -0.501. The second-order valence-electron chi connectivity index (χ2n) is 3.42. The molecule has 0 aliphatic rings. The fourth-order valence-corrected chi connectivity index (χ4v) is 1.57. The van der Waals surface area contributed by atoms with E-state index in [9.17, 15) is 4.79 Å². The molecule has 0 radical (unpaired) electrons. The SMILES string of the molecule is CCC(C(N)=O)N(C)c1ncc(C#N)c(Cl)n1. The molecule has 1 amide bonds. The average Bonchev–Trinajstić information content (AvgIpc) is 2.29. The zero-order valence-corrected chi connectivity index (χ0v) is 10.3. The summed E-state index contributed by atoms with van der Waals surface area (Å²) in [6.07, 6.45) is 1.85. The summed E-state index contributed by atoms with van der Waals surface area (Å²) >= 11 is 5.78. The Hall–Kier alpha value is -1.87. The van der Waals surface area contributed by atoms with Crippen LogP contribution >= 0.6 is 11.6 Å². The van der Waals surface area contributed by atoms with Gasteiger partial charge in [0.15, 0.2) is 5.15 Å². The van der Waals surface area contributed by atoms with Crippen LogP contribution in [0.4, 0.5) is 5.95 Å². The van der Waals surface area contributed by atoms with Gasteiger partial charge in [-0.05, 0) is 6.42 Å². The molecule has 1 aromatic heterocycles. The molecule has 1 unspecified atom stereocenters. The fraction of sp³-hybridized carbons (Fsp3) is 0.400. The van der Waals surface area contributed by atoms with Crippen LogP contribution in [-0.4, -0.2) is 29.0 Å². The number of nitriles is 1. The summed E-state index contributed by atoms with van der Waals surface area (Å²) in [7, 11) is 1.65. The zero-order chi connectivity index (χ0) is 13.0. The number of nitrogens with two attached hydrogens (primary N) is 1. The second kappa shape index (κ2) is 5.46. The number of halogens is 1. The molecule has 6 nitrogen and oxygen atoms in total. The van der Waals surface area contributed by atoms with Gasteiger partial charge < -0.3 is 10.6 Å². The van der Waals surface area contributed by atoms with E-state index in [0.717, 1.165) is 0 Å². The van der Waals surface area contributed by atoms with Crippen molar-refractivity contribution in [2.24, 2.45) is 5.73 Å². The van der Waals surface area contributed by atoms with Gasteiger partial charge in [-0.2, -0.15) is 10.2 Å². The van der Waals surface area contributed by atoms with Gasteiger partial charge >= 0.3 is 0 Å². The van der Waals surface area contributed by atoms with Crippen LogP contribution in [0, 0.1) is 11.3 Å². The van der Waals surface area contributed by atoms with Crippen LogP contribution in [-0.2, 0) is 4.79 Å². The maximum absolute atomic E-state index is 11.2. The van der Waals surface area contributed by atoms with Crippen LogP contribution < -0.4 is 10.6 Å². The van der Waals surface area contributed by atoms with E-state index in [1.807, 2.05) is 13.0 Å². The first-order chi connectivity index (χ1) is 8.01. The van der Waals surface area contributed by atoms with Gasteiger partial charge in [0.25, 0.3) is 0 Å². The topological polar surface area (TPSA) is 95.9 Å². The summed E-state index contributed by atoms with van der Waals surface area (Å²) in [6, 6.07) is 1.36. The highest BCUT2D eigenvalue weighted by molar-refractivity contribution is 6.30. The number of hydrogen-bond acceptors (Lipinski definition) is 5. The van der Waals surface area contributed by atoms with Crippen molar-refractivity contribution in [2.45, 2.75) is 19.4 Å². The van der Waals surface area contributed by atoms with E-state index in [1.54, 1.807) is 7.05 Å². The molecule has 2 N–H and O–H groups in total. The maximum atomic E-state index is 11.2. The summed E-state index contributed by atoms with van der Waals surface area (Å²) in [5, 5.41) is 8.75. The van der Waals surface area contributed by atoms with Crippen LogP contribution in [0.5, 0.6) is 0 Å². The quantitative estimate of drug-likeness (QED) is 0.797. The van der Waals surface area contributed by atoms with Gasteiger partial charge in [0.2, 0.25) is 11.9 Å². The predicted octanol–water partition coefficient (Wildman–Crippen LogP) is 0.702. The van der Waals surface area contributed by atoms with Crippen molar-refractivity contribution < 1.29 is 4.79 Å². The van der Waals surface area contributed by atoms with Crippen LogP contribution in [0.15, 0.2) is 6.20 Å². The van der Waals surface area contributed by atoms with E-state index in [0.29, 0.717) is 6.42 Å². The molecular formula is C10H12ClN5O. The number of likely N-dealkylation sites (N-methyl/N-ethyl adjacent to an activating group) is 1. The summed E-state index contributed by atoms with van der Waals surface area (Å²) < 4.78 is 0. The van der Waals surface area contributed by atoms with Crippen molar-refractivity contribution in [1.82, 2.24) is 9.97 Å². The molecule has 1 heterocycles. The van der Waals surface area contributed by atoms with Crippen molar-refractivity contribution >= 4 is 23.5 Å². The number of nitrogens with zero attached hydrogens (tertiary/aromatic N) is 4. The summed E-state index contributed by atoms with van der Waals surface area (Å²) in [4.78, 5) is 20.6. The van der Waals surface area contributed by atoms with Gasteiger partial charge in [-0.15, -0.1) is 0 Å². The fourth-order valence-electron chi connectivity index (χ4n) is 1.40. The van der Waals surface area contributed by atoms with Gasteiger partial charge in [0, 0.05) is 7.05 Å². The highest BCUT2D eigenvalue weighted by Gasteiger charge is 2.21. The number of aromatic nitrogens is 2. The standard InChI is InChI=1S/C10H12ClN5O/c1-3-7(9(13)17)16(2)10-14-5-6(4-12)8(11)15-10/h5,7H,3H2,1-2H3,(H2,13,17). The van der Waals surface area contributed by atoms with Crippen LogP contribution in [0.2, 0.25) is 5.15 Å². The molecule has 0 saturated carbocycles. The monoisotopic (exact) mass is 253 g/mol. The van der Waals surface area contributed by atoms with Gasteiger partial charge in [-0.3, -0.25) is 4.79 Å². The molecule has 0 fully saturated rings. The lowest BCUT2D eigenvalue weighted by atomic mass is 10.2. The molecule has 0 bridgehead atoms. The molecule has 17 heavy (non-hydrogen) atoms. The van der Waals surface area contributed by atoms with Crippen molar-refractivity contribution in [2.75, 3.05) is 11.9 Å². The Balaban J connectivity index is 3.05. The van der Waals surface area contributed by atoms with Crippen molar-refractivity contribution in [3.8, 4) is 6.07 Å². The molecule has 0 aliphatic heterocycles. The molecule has 0 spiro atoms. The Bertz CT molecular complexity index is 470. The highest BCUT2D eigenvalue weighted by Crippen LogP contribution is 2.17. The molecule has 90 valence electrons. The van der Waals surface area contributed by atoms with E-state index in [-0.39, 0.29) is 16.7 Å². The molecule has 1 atom stereocenters. The number of anilines is 1. The lowest BCUT2D eigenvalue weighted by Crippen LogP contribution is -2.43. The Kier molecular flexibility index (Phi) is 4.24. The Morgan fingerprint density at radius 2 is 2.41 bits per heavy atom. The van der Waals surface area contributed by atoms with Gasteiger partial charge in [0.05, 0.1) is 6.20 Å². The van der Waals surface area contributed by atoms with Crippen LogP contribution in [0.1, 0.15) is 18.9 Å². The third-order valence-corrected chi connectivity index (χ3v) is 2.64. The zero-order valence-electron chi connectivity index (χ0n) is 9.51. The van der Waals surface area contributed by atoms with E-state index in [2.05, 4.69) is 9.97 Å². The molecule has 0 saturated heterocycles. The predicted molar refractivity (Wildman–Crippen MR) is 63.4 cm³/mol. The Morgan fingerprint density at radius 3 is 2.82 bits per heavy atom. The molecule has 0 aliphatic carbocycles. The third kappa shape index (κ3) is 2.82.